The number of benzene rings is 1. The van der Waals surface area contributed by atoms with Crippen molar-refractivity contribution in [1.82, 2.24) is 4.98 Å². The van der Waals surface area contributed by atoms with Gasteiger partial charge in [-0.2, -0.15) is 13.2 Å². The van der Waals surface area contributed by atoms with Crippen LogP contribution in [0.5, 0.6) is 5.75 Å². The lowest BCUT2D eigenvalue weighted by Gasteiger charge is -2.10. The highest BCUT2D eigenvalue weighted by molar-refractivity contribution is 6.33. The first kappa shape index (κ1) is 20.5. The molecule has 0 bridgehead atoms. The smallest absolute Gasteiger partial charge is 0.417 e. The lowest BCUT2D eigenvalue weighted by molar-refractivity contribution is -0.149. The van der Waals surface area contributed by atoms with E-state index in [4.69, 9.17) is 21.1 Å². The third kappa shape index (κ3) is 6.45. The van der Waals surface area contributed by atoms with Gasteiger partial charge in [0.2, 0.25) is 0 Å². The highest BCUT2D eigenvalue weighted by atomic mass is 35.5. The Morgan fingerprint density at radius 2 is 1.96 bits per heavy atom. The van der Waals surface area contributed by atoms with Gasteiger partial charge in [-0.1, -0.05) is 23.7 Å². The summed E-state index contributed by atoms with van der Waals surface area (Å²) in [7, 11) is 0. The monoisotopic (exact) mass is 402 g/mol. The van der Waals surface area contributed by atoms with Gasteiger partial charge in [0, 0.05) is 6.20 Å². The Morgan fingerprint density at radius 1 is 1.22 bits per heavy atom. The first-order valence-electron chi connectivity index (χ1n) is 7.53. The van der Waals surface area contributed by atoms with Crippen LogP contribution in [-0.2, 0) is 20.5 Å². The van der Waals surface area contributed by atoms with E-state index < -0.39 is 41.9 Å². The Balaban J connectivity index is 1.81. The molecule has 10 heteroatoms. The van der Waals surface area contributed by atoms with Gasteiger partial charge in [0.15, 0.2) is 19.0 Å². The van der Waals surface area contributed by atoms with Crippen LogP contribution in [0.25, 0.3) is 0 Å². The number of alkyl halides is 3. The molecule has 0 aliphatic rings. The minimum Gasteiger partial charge on any atom is -0.482 e. The van der Waals surface area contributed by atoms with Crippen LogP contribution in [-0.4, -0.2) is 30.1 Å². The number of anilines is 1. The molecule has 1 amide bonds. The van der Waals surface area contributed by atoms with E-state index in [1.807, 2.05) is 13.0 Å². The molecule has 0 unspecified atom stereocenters. The number of pyridine rings is 1. The number of ether oxygens (including phenoxy) is 2. The Kier molecular flexibility index (Phi) is 6.62. The quantitative estimate of drug-likeness (QED) is 0.747. The number of rotatable bonds is 6. The van der Waals surface area contributed by atoms with Crippen LogP contribution in [0.4, 0.5) is 19.0 Å². The highest BCUT2D eigenvalue weighted by Gasteiger charge is 2.31. The molecule has 1 heterocycles. The maximum atomic E-state index is 12.5. The van der Waals surface area contributed by atoms with Crippen molar-refractivity contribution in [2.45, 2.75) is 13.1 Å². The number of nitrogens with one attached hydrogen (secondary N) is 1. The first-order chi connectivity index (χ1) is 12.6. The molecule has 0 aliphatic heterocycles. The molecule has 0 atom stereocenters. The molecule has 0 fully saturated rings. The summed E-state index contributed by atoms with van der Waals surface area (Å²) >= 11 is 5.67. The summed E-state index contributed by atoms with van der Waals surface area (Å²) in [4.78, 5) is 26.8. The Labute approximate surface area is 157 Å². The molecule has 144 valence electrons. The molecule has 6 nitrogen and oxygen atoms in total. The van der Waals surface area contributed by atoms with Crippen LogP contribution in [0.2, 0.25) is 5.02 Å². The highest BCUT2D eigenvalue weighted by Crippen LogP contribution is 2.32. The standard InChI is InChI=1S/C17H14ClF3N2O4/c1-10-3-2-4-12(5-10)26-9-15(25)27-8-14(24)23-16-13(18)6-11(7-22-16)17(19,20)21/h2-7H,8-9H2,1H3,(H,22,23,24). The van der Waals surface area contributed by atoms with Crippen molar-refractivity contribution in [1.29, 1.82) is 0 Å². The topological polar surface area (TPSA) is 77.5 Å². The van der Waals surface area contributed by atoms with E-state index in [1.54, 1.807) is 18.2 Å². The van der Waals surface area contributed by atoms with E-state index in [0.29, 0.717) is 18.0 Å². The minimum atomic E-state index is -4.61. The van der Waals surface area contributed by atoms with Gasteiger partial charge < -0.3 is 14.8 Å². The maximum absolute atomic E-state index is 12.5. The third-order valence-corrected chi connectivity index (χ3v) is 3.42. The number of aryl methyl sites for hydroxylation is 1. The van der Waals surface area contributed by atoms with Gasteiger partial charge in [0.1, 0.15) is 5.75 Å². The SMILES string of the molecule is Cc1cccc(OCC(=O)OCC(=O)Nc2ncc(C(F)(F)F)cc2Cl)c1. The number of halogens is 4. The first-order valence-corrected chi connectivity index (χ1v) is 7.90. The summed E-state index contributed by atoms with van der Waals surface area (Å²) in [5.41, 5.74) is -0.105. The largest absolute Gasteiger partial charge is 0.482 e. The van der Waals surface area contributed by atoms with Crippen molar-refractivity contribution >= 4 is 29.3 Å². The molecule has 1 aromatic carbocycles. The van der Waals surface area contributed by atoms with Crippen LogP contribution >= 0.6 is 11.6 Å². The van der Waals surface area contributed by atoms with Gasteiger partial charge in [0.25, 0.3) is 5.91 Å². The number of nitrogens with zero attached hydrogens (tertiary/aromatic N) is 1. The van der Waals surface area contributed by atoms with Crippen molar-refractivity contribution in [3.05, 3.63) is 52.7 Å². The molecule has 0 aliphatic carbocycles. The summed E-state index contributed by atoms with van der Waals surface area (Å²) < 4.78 is 47.5. The molecule has 0 spiro atoms. The number of carbonyl (C=O) groups is 2. The maximum Gasteiger partial charge on any atom is 0.417 e. The molecule has 2 rings (SSSR count). The Morgan fingerprint density at radius 3 is 2.59 bits per heavy atom. The van der Waals surface area contributed by atoms with Crippen molar-refractivity contribution in [2.24, 2.45) is 0 Å². The summed E-state index contributed by atoms with van der Waals surface area (Å²) in [5.74, 6) is -1.41. The summed E-state index contributed by atoms with van der Waals surface area (Å²) in [6.45, 7) is 0.779. The molecule has 2 aromatic rings. The Hall–Kier alpha value is -2.81. The second kappa shape index (κ2) is 8.72. The number of aromatic nitrogens is 1. The second-order valence-corrected chi connectivity index (χ2v) is 5.77. The van der Waals surface area contributed by atoms with E-state index in [1.165, 1.54) is 0 Å². The molecule has 1 N–H and O–H groups in total. The van der Waals surface area contributed by atoms with Gasteiger partial charge in [0.05, 0.1) is 10.6 Å². The fourth-order valence-electron chi connectivity index (χ4n) is 1.89. The summed E-state index contributed by atoms with van der Waals surface area (Å²) in [5, 5.41) is 1.76. The van der Waals surface area contributed by atoms with E-state index in [9.17, 15) is 22.8 Å². The lowest BCUT2D eigenvalue weighted by atomic mass is 10.2. The molecule has 0 saturated heterocycles. The predicted molar refractivity (Wildman–Crippen MR) is 90.5 cm³/mol. The predicted octanol–water partition coefficient (Wildman–Crippen LogP) is 3.62. The van der Waals surface area contributed by atoms with Crippen LogP contribution in [0, 0.1) is 6.92 Å². The van der Waals surface area contributed by atoms with Crippen molar-refractivity contribution in [3.8, 4) is 5.75 Å². The summed E-state index contributed by atoms with van der Waals surface area (Å²) in [6.07, 6.45) is -4.07. The second-order valence-electron chi connectivity index (χ2n) is 5.37. The lowest BCUT2D eigenvalue weighted by Crippen LogP contribution is -2.24. The van der Waals surface area contributed by atoms with Gasteiger partial charge >= 0.3 is 12.1 Å². The van der Waals surface area contributed by atoms with Crippen LogP contribution in [0.3, 0.4) is 0 Å². The average molecular weight is 403 g/mol. The molecule has 0 saturated carbocycles. The zero-order valence-corrected chi connectivity index (χ0v) is 14.7. The zero-order chi connectivity index (χ0) is 20.0. The van der Waals surface area contributed by atoms with E-state index in [2.05, 4.69) is 10.3 Å². The van der Waals surface area contributed by atoms with Crippen molar-refractivity contribution in [3.63, 3.8) is 0 Å². The van der Waals surface area contributed by atoms with Crippen molar-refractivity contribution in [2.75, 3.05) is 18.5 Å². The zero-order valence-electron chi connectivity index (χ0n) is 14.0. The fourth-order valence-corrected chi connectivity index (χ4v) is 2.10. The number of hydrogen-bond donors (Lipinski definition) is 1. The van der Waals surface area contributed by atoms with Crippen molar-refractivity contribution < 1.29 is 32.2 Å². The fraction of sp³-hybridized carbons (Fsp3) is 0.235. The van der Waals surface area contributed by atoms with Crippen LogP contribution in [0.15, 0.2) is 36.5 Å². The van der Waals surface area contributed by atoms with Gasteiger partial charge in [-0.3, -0.25) is 4.79 Å². The van der Waals surface area contributed by atoms with E-state index in [0.717, 1.165) is 5.56 Å². The third-order valence-electron chi connectivity index (χ3n) is 3.14. The number of amides is 1. The normalized spacial score (nSPS) is 11.0. The molecular formula is C17H14ClF3N2O4. The van der Waals surface area contributed by atoms with Gasteiger partial charge in [-0.15, -0.1) is 0 Å². The number of hydrogen-bond acceptors (Lipinski definition) is 5. The number of esters is 1. The molecule has 0 radical (unpaired) electrons. The molecule has 1 aromatic heterocycles. The van der Waals surface area contributed by atoms with Crippen LogP contribution < -0.4 is 10.1 Å². The van der Waals surface area contributed by atoms with Crippen LogP contribution in [0.1, 0.15) is 11.1 Å². The summed E-state index contributed by atoms with van der Waals surface area (Å²) in [6, 6.07) is 7.62. The average Bonchev–Trinajstić information content (AvgIpc) is 2.59. The molecular weight excluding hydrogens is 389 g/mol. The molecule has 27 heavy (non-hydrogen) atoms. The van der Waals surface area contributed by atoms with Gasteiger partial charge in [-0.05, 0) is 30.7 Å². The Bertz CT molecular complexity index is 843. The minimum absolute atomic E-state index is 0.276. The van der Waals surface area contributed by atoms with Gasteiger partial charge in [-0.25, -0.2) is 9.78 Å². The van der Waals surface area contributed by atoms with E-state index >= 15 is 0 Å². The number of carbonyl (C=O) groups excluding carboxylic acids is 2. The van der Waals surface area contributed by atoms with E-state index in [-0.39, 0.29) is 5.82 Å².